The second-order valence-corrected chi connectivity index (χ2v) is 7.86. The molecule has 1 aromatic carbocycles. The van der Waals surface area contributed by atoms with E-state index in [2.05, 4.69) is 33.3 Å². The van der Waals surface area contributed by atoms with Crippen molar-refractivity contribution in [3.05, 3.63) is 34.9 Å². The second-order valence-electron chi connectivity index (χ2n) is 6.38. The molecule has 1 amide bonds. The molecule has 5 nitrogen and oxygen atoms in total. The number of carbonyl (C=O) groups excluding carboxylic acids is 1. The van der Waals surface area contributed by atoms with Gasteiger partial charge in [0.1, 0.15) is 0 Å². The minimum absolute atomic E-state index is 0.0679. The highest BCUT2D eigenvalue weighted by atomic mass is 35.5. The van der Waals surface area contributed by atoms with Gasteiger partial charge in [0.15, 0.2) is 5.96 Å². The second kappa shape index (κ2) is 9.79. The lowest BCUT2D eigenvalue weighted by molar-refractivity contribution is -0.121. The number of aliphatic imine (C=N–C) groups is 1. The van der Waals surface area contributed by atoms with Gasteiger partial charge in [-0.1, -0.05) is 23.7 Å². The number of benzene rings is 1. The van der Waals surface area contributed by atoms with Crippen molar-refractivity contribution >= 4 is 35.2 Å². The average molecular weight is 371 g/mol. The average Bonchev–Trinajstić information content (AvgIpc) is 2.49. The summed E-state index contributed by atoms with van der Waals surface area (Å²) in [7, 11) is 1.68. The SMILES string of the molecule is CN=C(NCC(=O)NC(C)(C)C)NCC(SC)c1cccc(Cl)c1. The maximum atomic E-state index is 11.9. The first-order valence-electron chi connectivity index (χ1n) is 7.79. The number of rotatable bonds is 6. The largest absolute Gasteiger partial charge is 0.355 e. The summed E-state index contributed by atoms with van der Waals surface area (Å²) in [5.74, 6) is 0.529. The van der Waals surface area contributed by atoms with Crippen LogP contribution < -0.4 is 16.0 Å². The van der Waals surface area contributed by atoms with Crippen molar-refractivity contribution in [1.29, 1.82) is 0 Å². The van der Waals surface area contributed by atoms with Gasteiger partial charge >= 0.3 is 0 Å². The van der Waals surface area contributed by atoms with Crippen molar-refractivity contribution in [1.82, 2.24) is 16.0 Å². The van der Waals surface area contributed by atoms with E-state index >= 15 is 0 Å². The van der Waals surface area contributed by atoms with Crippen molar-refractivity contribution < 1.29 is 4.79 Å². The van der Waals surface area contributed by atoms with E-state index < -0.39 is 0 Å². The number of thioether (sulfide) groups is 1. The first kappa shape index (κ1) is 20.6. The number of nitrogens with one attached hydrogen (secondary N) is 3. The molecule has 0 saturated carbocycles. The number of hydrogen-bond acceptors (Lipinski definition) is 3. The maximum Gasteiger partial charge on any atom is 0.239 e. The van der Waals surface area contributed by atoms with E-state index in [0.717, 1.165) is 10.6 Å². The molecule has 3 N–H and O–H groups in total. The third-order valence-electron chi connectivity index (χ3n) is 3.11. The van der Waals surface area contributed by atoms with Crippen LogP contribution in [0.2, 0.25) is 5.02 Å². The molecule has 0 aromatic heterocycles. The topological polar surface area (TPSA) is 65.5 Å². The van der Waals surface area contributed by atoms with Gasteiger partial charge in [-0.05, 0) is 44.7 Å². The van der Waals surface area contributed by atoms with Gasteiger partial charge in [-0.3, -0.25) is 9.79 Å². The zero-order valence-electron chi connectivity index (χ0n) is 14.9. The van der Waals surface area contributed by atoms with Crippen LogP contribution in [0.15, 0.2) is 29.3 Å². The molecular formula is C17H27ClN4OS. The normalized spacial score (nSPS) is 13.3. The number of amides is 1. The van der Waals surface area contributed by atoms with Gasteiger partial charge in [-0.15, -0.1) is 0 Å². The van der Waals surface area contributed by atoms with Gasteiger partial charge in [0.2, 0.25) is 5.91 Å². The Kier molecular flexibility index (Phi) is 8.42. The highest BCUT2D eigenvalue weighted by Gasteiger charge is 2.15. The molecule has 0 spiro atoms. The first-order valence-corrected chi connectivity index (χ1v) is 9.45. The van der Waals surface area contributed by atoms with Crippen LogP contribution in [-0.4, -0.2) is 43.8 Å². The van der Waals surface area contributed by atoms with Crippen LogP contribution >= 0.6 is 23.4 Å². The summed E-state index contributed by atoms with van der Waals surface area (Å²) < 4.78 is 0. The molecule has 0 saturated heterocycles. The third kappa shape index (κ3) is 7.93. The minimum atomic E-state index is -0.244. The predicted molar refractivity (Wildman–Crippen MR) is 105 cm³/mol. The molecule has 0 radical (unpaired) electrons. The summed E-state index contributed by atoms with van der Waals surface area (Å²) in [4.78, 5) is 16.0. The van der Waals surface area contributed by atoms with Crippen LogP contribution in [0.25, 0.3) is 0 Å². The molecule has 134 valence electrons. The number of hydrogen-bond donors (Lipinski definition) is 3. The lowest BCUT2D eigenvalue weighted by Gasteiger charge is -2.22. The quantitative estimate of drug-likeness (QED) is 0.532. The van der Waals surface area contributed by atoms with Gasteiger partial charge in [-0.2, -0.15) is 11.8 Å². The van der Waals surface area contributed by atoms with Crippen molar-refractivity contribution in [2.45, 2.75) is 31.6 Å². The molecule has 1 rings (SSSR count). The fraction of sp³-hybridized carbons (Fsp3) is 0.529. The van der Waals surface area contributed by atoms with Crippen LogP contribution in [0.3, 0.4) is 0 Å². The van der Waals surface area contributed by atoms with E-state index in [1.54, 1.807) is 18.8 Å². The zero-order valence-corrected chi connectivity index (χ0v) is 16.5. The molecule has 0 aliphatic carbocycles. The van der Waals surface area contributed by atoms with Crippen molar-refractivity contribution in [3.8, 4) is 0 Å². The smallest absolute Gasteiger partial charge is 0.239 e. The van der Waals surface area contributed by atoms with Crippen molar-refractivity contribution in [2.75, 3.05) is 26.4 Å². The van der Waals surface area contributed by atoms with Crippen molar-refractivity contribution in [2.24, 2.45) is 4.99 Å². The number of guanidine groups is 1. The molecule has 0 aliphatic rings. The van der Waals surface area contributed by atoms with Gasteiger partial charge in [0.25, 0.3) is 0 Å². The Morgan fingerprint density at radius 1 is 1.33 bits per heavy atom. The number of halogens is 1. The fourth-order valence-electron chi connectivity index (χ4n) is 2.08. The molecule has 7 heteroatoms. The number of nitrogens with zero attached hydrogens (tertiary/aromatic N) is 1. The summed E-state index contributed by atoms with van der Waals surface area (Å²) in [5.41, 5.74) is 0.912. The summed E-state index contributed by atoms with van der Waals surface area (Å²) >= 11 is 7.80. The first-order chi connectivity index (χ1) is 11.2. The summed E-state index contributed by atoms with van der Waals surface area (Å²) in [6.45, 7) is 6.71. The molecular weight excluding hydrogens is 344 g/mol. The maximum absolute atomic E-state index is 11.9. The van der Waals surface area contributed by atoms with E-state index in [4.69, 9.17) is 11.6 Å². The van der Waals surface area contributed by atoms with Crippen LogP contribution in [0, 0.1) is 0 Å². The highest BCUT2D eigenvalue weighted by molar-refractivity contribution is 7.98. The molecule has 0 aliphatic heterocycles. The van der Waals surface area contributed by atoms with E-state index in [0.29, 0.717) is 12.5 Å². The fourth-order valence-corrected chi connectivity index (χ4v) is 2.95. The van der Waals surface area contributed by atoms with E-state index in [1.807, 2.05) is 39.0 Å². The van der Waals surface area contributed by atoms with Gasteiger partial charge in [-0.25, -0.2) is 0 Å². The minimum Gasteiger partial charge on any atom is -0.355 e. The molecule has 0 bridgehead atoms. The Morgan fingerprint density at radius 3 is 2.58 bits per heavy atom. The molecule has 1 atom stereocenters. The Balaban J connectivity index is 2.52. The molecule has 0 fully saturated rings. The van der Waals surface area contributed by atoms with E-state index in [-0.39, 0.29) is 23.2 Å². The lowest BCUT2D eigenvalue weighted by atomic mass is 10.1. The summed E-state index contributed by atoms with van der Waals surface area (Å²) in [6.07, 6.45) is 2.06. The summed E-state index contributed by atoms with van der Waals surface area (Å²) in [5, 5.41) is 10.2. The Labute approximate surface area is 154 Å². The van der Waals surface area contributed by atoms with Gasteiger partial charge in [0.05, 0.1) is 6.54 Å². The van der Waals surface area contributed by atoms with Crippen LogP contribution in [0.4, 0.5) is 0 Å². The monoisotopic (exact) mass is 370 g/mol. The summed E-state index contributed by atoms with van der Waals surface area (Å²) in [6, 6.07) is 7.84. The predicted octanol–water partition coefficient (Wildman–Crippen LogP) is 2.82. The Bertz CT molecular complexity index is 572. The highest BCUT2D eigenvalue weighted by Crippen LogP contribution is 2.27. The van der Waals surface area contributed by atoms with E-state index in [1.165, 1.54) is 0 Å². The van der Waals surface area contributed by atoms with Gasteiger partial charge < -0.3 is 16.0 Å². The Hall–Kier alpha value is -1.40. The van der Waals surface area contributed by atoms with Crippen LogP contribution in [-0.2, 0) is 4.79 Å². The van der Waals surface area contributed by atoms with Crippen LogP contribution in [0.1, 0.15) is 31.6 Å². The van der Waals surface area contributed by atoms with Gasteiger partial charge in [0, 0.05) is 29.4 Å². The zero-order chi connectivity index (χ0) is 18.2. The lowest BCUT2D eigenvalue weighted by Crippen LogP contribution is -2.48. The molecule has 24 heavy (non-hydrogen) atoms. The standard InChI is InChI=1S/C17H27ClN4OS/c1-17(2,3)22-15(23)11-21-16(19-4)20-10-14(24-5)12-7-6-8-13(18)9-12/h6-9,14H,10-11H2,1-5H3,(H,22,23)(H2,19,20,21). The van der Waals surface area contributed by atoms with E-state index in [9.17, 15) is 4.79 Å². The number of carbonyl (C=O) groups is 1. The van der Waals surface area contributed by atoms with Crippen LogP contribution in [0.5, 0.6) is 0 Å². The molecule has 1 aromatic rings. The third-order valence-corrected chi connectivity index (χ3v) is 4.36. The molecule has 0 heterocycles. The Morgan fingerprint density at radius 2 is 2.04 bits per heavy atom. The van der Waals surface area contributed by atoms with Crippen molar-refractivity contribution in [3.63, 3.8) is 0 Å². The molecule has 1 unspecified atom stereocenters.